The highest BCUT2D eigenvalue weighted by Gasteiger charge is 2.32. The van der Waals surface area contributed by atoms with Gasteiger partial charge in [0.1, 0.15) is 18.4 Å². The van der Waals surface area contributed by atoms with Gasteiger partial charge in [0, 0.05) is 31.9 Å². The summed E-state index contributed by atoms with van der Waals surface area (Å²) in [5, 5.41) is 6.79. The van der Waals surface area contributed by atoms with Crippen molar-refractivity contribution in [3.8, 4) is 5.75 Å². The van der Waals surface area contributed by atoms with E-state index in [2.05, 4.69) is 10.4 Å². The zero-order valence-electron chi connectivity index (χ0n) is 16.8. The van der Waals surface area contributed by atoms with E-state index in [1.807, 2.05) is 43.3 Å². The Balaban J connectivity index is 1.77. The molecule has 2 amide bonds. The fourth-order valence-corrected chi connectivity index (χ4v) is 3.32. The lowest BCUT2D eigenvalue weighted by atomic mass is 10.1. The van der Waals surface area contributed by atoms with Crippen molar-refractivity contribution in [3.63, 3.8) is 0 Å². The van der Waals surface area contributed by atoms with Crippen molar-refractivity contribution in [2.75, 3.05) is 27.2 Å². The van der Waals surface area contributed by atoms with Gasteiger partial charge < -0.3 is 19.9 Å². The smallest absolute Gasteiger partial charge is 0.255 e. The molecule has 2 heterocycles. The fraction of sp³-hybridized carbons (Fsp3) is 0.450. The topological polar surface area (TPSA) is 79.7 Å². The molecule has 0 aliphatic carbocycles. The monoisotopic (exact) mass is 385 g/mol. The summed E-state index contributed by atoms with van der Waals surface area (Å²) in [7, 11) is 5.68. The summed E-state index contributed by atoms with van der Waals surface area (Å²) in [5.41, 5.74) is 1.39. The summed E-state index contributed by atoms with van der Waals surface area (Å²) in [4.78, 5) is 29.5. The van der Waals surface area contributed by atoms with Crippen LogP contribution < -0.4 is 10.1 Å². The molecule has 28 heavy (non-hydrogen) atoms. The summed E-state index contributed by atoms with van der Waals surface area (Å²) in [5.74, 6) is 0.350. The quantitative estimate of drug-likeness (QED) is 0.827. The van der Waals surface area contributed by atoms with E-state index >= 15 is 0 Å². The van der Waals surface area contributed by atoms with E-state index in [0.29, 0.717) is 25.3 Å². The van der Waals surface area contributed by atoms with Crippen molar-refractivity contribution in [1.82, 2.24) is 24.9 Å². The third kappa shape index (κ3) is 4.51. The van der Waals surface area contributed by atoms with Gasteiger partial charge in [-0.25, -0.2) is 0 Å². The maximum atomic E-state index is 13.2. The van der Waals surface area contributed by atoms with Crippen LogP contribution in [-0.2, 0) is 18.4 Å². The van der Waals surface area contributed by atoms with Crippen molar-refractivity contribution in [3.05, 3.63) is 47.8 Å². The Morgan fingerprint density at radius 3 is 2.79 bits per heavy atom. The van der Waals surface area contributed by atoms with Crippen LogP contribution in [0.5, 0.6) is 5.75 Å². The fourth-order valence-electron chi connectivity index (χ4n) is 3.32. The zero-order chi connectivity index (χ0) is 20.3. The number of para-hydroxylation sites is 1. The van der Waals surface area contributed by atoms with E-state index in [9.17, 15) is 9.59 Å². The SMILES string of the molecule is CC(NC(=O)c1cnn(C)c1)C(=O)N1Cc2ccccc2OCC1CN(C)C. The van der Waals surface area contributed by atoms with E-state index in [0.717, 1.165) is 11.3 Å². The van der Waals surface area contributed by atoms with E-state index in [1.54, 1.807) is 29.7 Å². The van der Waals surface area contributed by atoms with Crippen LogP contribution in [0.2, 0.25) is 0 Å². The number of carbonyl (C=O) groups is 2. The van der Waals surface area contributed by atoms with Gasteiger partial charge >= 0.3 is 0 Å². The van der Waals surface area contributed by atoms with Crippen molar-refractivity contribution in [1.29, 1.82) is 0 Å². The second-order valence-corrected chi connectivity index (χ2v) is 7.40. The number of nitrogens with one attached hydrogen (secondary N) is 1. The Kier molecular flexibility index (Phi) is 5.99. The number of likely N-dealkylation sites (N-methyl/N-ethyl adjacent to an activating group) is 1. The number of rotatable bonds is 5. The number of carbonyl (C=O) groups excluding carboxylic acids is 2. The maximum absolute atomic E-state index is 13.2. The molecule has 0 spiro atoms. The Morgan fingerprint density at radius 1 is 1.36 bits per heavy atom. The number of aromatic nitrogens is 2. The maximum Gasteiger partial charge on any atom is 0.255 e. The molecule has 1 aliphatic heterocycles. The van der Waals surface area contributed by atoms with Crippen LogP contribution in [0.4, 0.5) is 0 Å². The second kappa shape index (κ2) is 8.43. The number of hydrogen-bond donors (Lipinski definition) is 1. The van der Waals surface area contributed by atoms with Crippen molar-refractivity contribution < 1.29 is 14.3 Å². The first-order valence-corrected chi connectivity index (χ1v) is 9.30. The highest BCUT2D eigenvalue weighted by molar-refractivity contribution is 5.97. The molecule has 3 rings (SSSR count). The van der Waals surface area contributed by atoms with Gasteiger partial charge in [0.2, 0.25) is 5.91 Å². The second-order valence-electron chi connectivity index (χ2n) is 7.40. The standard InChI is InChI=1S/C20H27N5O3/c1-14(22-19(26)16-9-21-24(4)10-16)20(27)25-11-15-7-5-6-8-18(15)28-13-17(25)12-23(2)3/h5-10,14,17H,11-13H2,1-4H3,(H,22,26). The molecule has 1 N–H and O–H groups in total. The van der Waals surface area contributed by atoms with E-state index < -0.39 is 6.04 Å². The number of aryl methyl sites for hydroxylation is 1. The molecule has 0 saturated carbocycles. The Bertz CT molecular complexity index is 848. The molecule has 0 fully saturated rings. The van der Waals surface area contributed by atoms with Gasteiger partial charge in [-0.3, -0.25) is 14.3 Å². The molecule has 2 unspecified atom stereocenters. The third-order valence-corrected chi connectivity index (χ3v) is 4.73. The van der Waals surface area contributed by atoms with Crippen LogP contribution in [-0.4, -0.2) is 70.7 Å². The summed E-state index contributed by atoms with van der Waals surface area (Å²) in [6.45, 7) is 3.23. The third-order valence-electron chi connectivity index (χ3n) is 4.73. The molecule has 2 aromatic rings. The minimum absolute atomic E-state index is 0.118. The summed E-state index contributed by atoms with van der Waals surface area (Å²) in [6.07, 6.45) is 3.11. The summed E-state index contributed by atoms with van der Waals surface area (Å²) >= 11 is 0. The molecule has 0 saturated heterocycles. The zero-order valence-corrected chi connectivity index (χ0v) is 16.8. The molecular weight excluding hydrogens is 358 g/mol. The van der Waals surface area contributed by atoms with Gasteiger partial charge in [0.15, 0.2) is 0 Å². The molecule has 8 nitrogen and oxygen atoms in total. The van der Waals surface area contributed by atoms with Gasteiger partial charge in [0.05, 0.1) is 17.8 Å². The molecule has 1 aromatic heterocycles. The van der Waals surface area contributed by atoms with Crippen molar-refractivity contribution in [2.45, 2.75) is 25.6 Å². The van der Waals surface area contributed by atoms with Gasteiger partial charge in [-0.15, -0.1) is 0 Å². The minimum Gasteiger partial charge on any atom is -0.491 e. The lowest BCUT2D eigenvalue weighted by molar-refractivity contribution is -0.136. The normalized spacial score (nSPS) is 17.5. The molecular formula is C20H27N5O3. The molecule has 1 aliphatic rings. The van der Waals surface area contributed by atoms with Crippen LogP contribution >= 0.6 is 0 Å². The van der Waals surface area contributed by atoms with Gasteiger partial charge in [-0.05, 0) is 27.1 Å². The predicted octanol–water partition coefficient (Wildman–Crippen LogP) is 0.890. The van der Waals surface area contributed by atoms with Gasteiger partial charge in [-0.1, -0.05) is 18.2 Å². The van der Waals surface area contributed by atoms with Crippen molar-refractivity contribution >= 4 is 11.8 Å². The first-order chi connectivity index (χ1) is 13.3. The number of ether oxygens (including phenoxy) is 1. The number of amides is 2. The predicted molar refractivity (Wildman–Crippen MR) is 105 cm³/mol. The Hall–Kier alpha value is -2.87. The van der Waals surface area contributed by atoms with Crippen LogP contribution in [0.15, 0.2) is 36.7 Å². The average Bonchev–Trinajstić information content (AvgIpc) is 3.01. The number of nitrogens with zero attached hydrogens (tertiary/aromatic N) is 4. The van der Waals surface area contributed by atoms with Gasteiger partial charge in [-0.2, -0.15) is 5.10 Å². The molecule has 150 valence electrons. The molecule has 0 bridgehead atoms. The van der Waals surface area contributed by atoms with E-state index in [1.165, 1.54) is 6.20 Å². The first-order valence-electron chi connectivity index (χ1n) is 9.30. The summed E-state index contributed by atoms with van der Waals surface area (Å²) < 4.78 is 7.51. The minimum atomic E-state index is -0.664. The number of fused-ring (bicyclic) bond motifs is 1. The molecule has 2 atom stereocenters. The highest BCUT2D eigenvalue weighted by atomic mass is 16.5. The molecule has 1 aromatic carbocycles. The van der Waals surface area contributed by atoms with Crippen LogP contribution in [0.25, 0.3) is 0 Å². The van der Waals surface area contributed by atoms with Crippen LogP contribution in [0, 0.1) is 0 Å². The molecule has 8 heteroatoms. The number of benzene rings is 1. The van der Waals surface area contributed by atoms with Crippen molar-refractivity contribution in [2.24, 2.45) is 7.05 Å². The highest BCUT2D eigenvalue weighted by Crippen LogP contribution is 2.25. The summed E-state index contributed by atoms with van der Waals surface area (Å²) in [6, 6.07) is 6.96. The Labute approximate surface area is 165 Å². The lowest BCUT2D eigenvalue weighted by Crippen LogP contribution is -2.53. The van der Waals surface area contributed by atoms with Crippen LogP contribution in [0.1, 0.15) is 22.8 Å². The molecule has 0 radical (unpaired) electrons. The Morgan fingerprint density at radius 2 is 2.11 bits per heavy atom. The largest absolute Gasteiger partial charge is 0.491 e. The number of hydrogen-bond acceptors (Lipinski definition) is 5. The van der Waals surface area contributed by atoms with E-state index in [-0.39, 0.29) is 17.9 Å². The first kappa shape index (κ1) is 19.9. The van der Waals surface area contributed by atoms with Crippen LogP contribution in [0.3, 0.4) is 0 Å². The lowest BCUT2D eigenvalue weighted by Gasteiger charge is -2.33. The van der Waals surface area contributed by atoms with Gasteiger partial charge in [0.25, 0.3) is 5.91 Å². The van der Waals surface area contributed by atoms with E-state index in [4.69, 9.17) is 4.74 Å². The average molecular weight is 385 g/mol.